The smallest absolute Gasteiger partial charge is 0.357 e. The van der Waals surface area contributed by atoms with Gasteiger partial charge in [-0.3, -0.25) is 0 Å². The van der Waals surface area contributed by atoms with E-state index in [0.29, 0.717) is 18.8 Å². The van der Waals surface area contributed by atoms with Crippen LogP contribution < -0.4 is 5.32 Å². The zero-order valence-electron chi connectivity index (χ0n) is 11.5. The number of ether oxygens (including phenoxy) is 1. The average Bonchev–Trinajstić information content (AvgIpc) is 3.17. The van der Waals surface area contributed by atoms with Gasteiger partial charge in [-0.2, -0.15) is 0 Å². The molecule has 0 unspecified atom stereocenters. The van der Waals surface area contributed by atoms with Crippen LogP contribution in [-0.2, 0) is 23.1 Å². The SMILES string of the molecule is CCOC(=O)c1nc(C2(C)CC2)nc2c1CNCC2. The van der Waals surface area contributed by atoms with Crippen LogP contribution in [0.4, 0.5) is 0 Å². The van der Waals surface area contributed by atoms with Crippen LogP contribution in [0.1, 0.15) is 54.3 Å². The highest BCUT2D eigenvalue weighted by molar-refractivity contribution is 5.89. The summed E-state index contributed by atoms with van der Waals surface area (Å²) in [7, 11) is 0. The number of nitrogens with one attached hydrogen (secondary N) is 1. The lowest BCUT2D eigenvalue weighted by Crippen LogP contribution is -2.29. The molecule has 19 heavy (non-hydrogen) atoms. The molecule has 0 atom stereocenters. The van der Waals surface area contributed by atoms with Crippen molar-refractivity contribution in [2.75, 3.05) is 13.2 Å². The molecular formula is C14H19N3O2. The zero-order valence-corrected chi connectivity index (χ0v) is 11.5. The summed E-state index contributed by atoms with van der Waals surface area (Å²) in [6.45, 7) is 5.90. The van der Waals surface area contributed by atoms with Gasteiger partial charge in [0, 0.05) is 30.5 Å². The Labute approximate surface area is 112 Å². The first kappa shape index (κ1) is 12.5. The van der Waals surface area contributed by atoms with E-state index in [1.807, 2.05) is 6.92 Å². The van der Waals surface area contributed by atoms with E-state index in [1.165, 1.54) is 0 Å². The molecule has 1 aromatic heterocycles. The predicted molar refractivity (Wildman–Crippen MR) is 70.0 cm³/mol. The van der Waals surface area contributed by atoms with Crippen LogP contribution in [0.2, 0.25) is 0 Å². The van der Waals surface area contributed by atoms with Crippen molar-refractivity contribution in [3.63, 3.8) is 0 Å². The second-order valence-corrected chi connectivity index (χ2v) is 5.53. The quantitative estimate of drug-likeness (QED) is 0.832. The summed E-state index contributed by atoms with van der Waals surface area (Å²) in [6.07, 6.45) is 3.06. The first-order valence-electron chi connectivity index (χ1n) is 6.92. The van der Waals surface area contributed by atoms with Gasteiger partial charge in [-0.05, 0) is 19.8 Å². The van der Waals surface area contributed by atoms with Crippen LogP contribution in [0, 0.1) is 0 Å². The van der Waals surface area contributed by atoms with Gasteiger partial charge >= 0.3 is 5.97 Å². The van der Waals surface area contributed by atoms with E-state index in [2.05, 4.69) is 17.2 Å². The molecule has 1 aliphatic heterocycles. The molecule has 1 aromatic rings. The molecule has 1 N–H and O–H groups in total. The number of hydrogen-bond donors (Lipinski definition) is 1. The Bertz CT molecular complexity index is 524. The normalized spacial score (nSPS) is 19.7. The molecule has 0 bridgehead atoms. The highest BCUT2D eigenvalue weighted by atomic mass is 16.5. The average molecular weight is 261 g/mol. The van der Waals surface area contributed by atoms with E-state index in [-0.39, 0.29) is 11.4 Å². The number of aromatic nitrogens is 2. The Hall–Kier alpha value is -1.49. The third-order valence-corrected chi connectivity index (χ3v) is 3.94. The number of esters is 1. The van der Waals surface area contributed by atoms with Crippen molar-refractivity contribution in [3.05, 3.63) is 22.8 Å². The van der Waals surface area contributed by atoms with Crippen LogP contribution in [-0.4, -0.2) is 29.1 Å². The molecular weight excluding hydrogens is 242 g/mol. The Kier molecular flexibility index (Phi) is 3.01. The van der Waals surface area contributed by atoms with Crippen molar-refractivity contribution in [2.45, 2.75) is 45.1 Å². The van der Waals surface area contributed by atoms with Crippen LogP contribution in [0.5, 0.6) is 0 Å². The van der Waals surface area contributed by atoms with Gasteiger partial charge in [0.05, 0.1) is 12.3 Å². The minimum absolute atomic E-state index is 0.0706. The number of hydrogen-bond acceptors (Lipinski definition) is 5. The lowest BCUT2D eigenvalue weighted by molar-refractivity contribution is 0.0516. The van der Waals surface area contributed by atoms with Crippen molar-refractivity contribution in [1.29, 1.82) is 0 Å². The standard InChI is InChI=1S/C14H19N3O2/c1-3-19-12(18)11-9-8-15-7-4-10(9)16-13(17-11)14(2)5-6-14/h15H,3-8H2,1-2H3. The summed E-state index contributed by atoms with van der Waals surface area (Å²) in [6, 6.07) is 0. The summed E-state index contributed by atoms with van der Waals surface area (Å²) in [5.74, 6) is 0.492. The number of carbonyl (C=O) groups is 1. The van der Waals surface area contributed by atoms with E-state index in [1.54, 1.807) is 0 Å². The molecule has 0 radical (unpaired) electrons. The lowest BCUT2D eigenvalue weighted by atomic mass is 10.0. The molecule has 5 nitrogen and oxygen atoms in total. The van der Waals surface area contributed by atoms with Gasteiger partial charge in [0.25, 0.3) is 0 Å². The largest absolute Gasteiger partial charge is 0.461 e. The fourth-order valence-corrected chi connectivity index (χ4v) is 2.39. The third kappa shape index (κ3) is 2.23. The number of carbonyl (C=O) groups excluding carboxylic acids is 1. The topological polar surface area (TPSA) is 64.1 Å². The van der Waals surface area contributed by atoms with Crippen molar-refractivity contribution < 1.29 is 9.53 Å². The van der Waals surface area contributed by atoms with Crippen molar-refractivity contribution in [1.82, 2.24) is 15.3 Å². The molecule has 1 aliphatic carbocycles. The van der Waals surface area contributed by atoms with Gasteiger partial charge in [0.2, 0.25) is 0 Å². The molecule has 102 valence electrons. The van der Waals surface area contributed by atoms with Crippen LogP contribution in [0.3, 0.4) is 0 Å². The molecule has 2 aliphatic rings. The van der Waals surface area contributed by atoms with Crippen LogP contribution in [0.25, 0.3) is 0 Å². The van der Waals surface area contributed by atoms with E-state index in [9.17, 15) is 4.79 Å². The maximum atomic E-state index is 12.1. The Morgan fingerprint density at radius 3 is 2.89 bits per heavy atom. The molecule has 1 fully saturated rings. The van der Waals surface area contributed by atoms with Gasteiger partial charge in [-0.15, -0.1) is 0 Å². The van der Waals surface area contributed by atoms with Crippen molar-refractivity contribution in [3.8, 4) is 0 Å². The Morgan fingerprint density at radius 2 is 2.21 bits per heavy atom. The first-order chi connectivity index (χ1) is 9.14. The fourth-order valence-electron chi connectivity index (χ4n) is 2.39. The fraction of sp³-hybridized carbons (Fsp3) is 0.643. The maximum Gasteiger partial charge on any atom is 0.357 e. The Morgan fingerprint density at radius 1 is 1.42 bits per heavy atom. The second-order valence-electron chi connectivity index (χ2n) is 5.53. The second kappa shape index (κ2) is 4.56. The van der Waals surface area contributed by atoms with E-state index in [4.69, 9.17) is 9.72 Å². The first-order valence-corrected chi connectivity index (χ1v) is 6.92. The lowest BCUT2D eigenvalue weighted by Gasteiger charge is -2.20. The maximum absolute atomic E-state index is 12.1. The summed E-state index contributed by atoms with van der Waals surface area (Å²) >= 11 is 0. The minimum atomic E-state index is -0.324. The third-order valence-electron chi connectivity index (χ3n) is 3.94. The summed E-state index contributed by atoms with van der Waals surface area (Å²) < 4.78 is 5.13. The summed E-state index contributed by atoms with van der Waals surface area (Å²) in [4.78, 5) is 21.3. The predicted octanol–water partition coefficient (Wildman–Crippen LogP) is 1.35. The van der Waals surface area contributed by atoms with Gasteiger partial charge in [-0.1, -0.05) is 6.92 Å². The van der Waals surface area contributed by atoms with Gasteiger partial charge in [-0.25, -0.2) is 14.8 Å². The highest BCUT2D eigenvalue weighted by Gasteiger charge is 2.43. The van der Waals surface area contributed by atoms with E-state index < -0.39 is 0 Å². The van der Waals surface area contributed by atoms with Gasteiger partial charge in [0.1, 0.15) is 5.82 Å². The van der Waals surface area contributed by atoms with Crippen molar-refractivity contribution in [2.24, 2.45) is 0 Å². The number of rotatable bonds is 3. The molecule has 3 rings (SSSR count). The summed E-state index contributed by atoms with van der Waals surface area (Å²) in [5, 5.41) is 3.26. The highest BCUT2D eigenvalue weighted by Crippen LogP contribution is 2.46. The van der Waals surface area contributed by atoms with Crippen molar-refractivity contribution >= 4 is 5.97 Å². The molecule has 0 spiro atoms. The van der Waals surface area contributed by atoms with E-state index >= 15 is 0 Å². The molecule has 5 heteroatoms. The molecule has 2 heterocycles. The molecule has 1 saturated carbocycles. The molecule has 0 amide bonds. The minimum Gasteiger partial charge on any atom is -0.461 e. The number of fused-ring (bicyclic) bond motifs is 1. The van der Waals surface area contributed by atoms with Crippen LogP contribution in [0.15, 0.2) is 0 Å². The Balaban J connectivity index is 2.06. The van der Waals surface area contributed by atoms with E-state index in [0.717, 1.165) is 42.9 Å². The monoisotopic (exact) mass is 261 g/mol. The number of nitrogens with zero attached hydrogens (tertiary/aromatic N) is 2. The van der Waals surface area contributed by atoms with Gasteiger partial charge in [0.15, 0.2) is 5.69 Å². The molecule has 0 aromatic carbocycles. The van der Waals surface area contributed by atoms with Gasteiger partial charge < -0.3 is 10.1 Å². The summed E-state index contributed by atoms with van der Waals surface area (Å²) in [5.41, 5.74) is 2.46. The zero-order chi connectivity index (χ0) is 13.5. The van der Waals surface area contributed by atoms with Crippen LogP contribution >= 0.6 is 0 Å². The molecule has 0 saturated heterocycles.